The van der Waals surface area contributed by atoms with Crippen LogP contribution < -0.4 is 4.90 Å². The third-order valence-corrected chi connectivity index (χ3v) is 5.04. The lowest BCUT2D eigenvalue weighted by molar-refractivity contribution is -0.0464. The van der Waals surface area contributed by atoms with Crippen LogP contribution >= 0.6 is 0 Å². The lowest BCUT2D eigenvalue weighted by Gasteiger charge is -2.50. The number of rotatable bonds is 2. The largest absolute Gasteiger partial charge is 0.393 e. The molecular formula is C16H20N4O. The summed E-state index contributed by atoms with van der Waals surface area (Å²) in [6, 6.07) is 6.04. The summed E-state index contributed by atoms with van der Waals surface area (Å²) in [6.07, 6.45) is 7.84. The molecular weight excluding hydrogens is 264 g/mol. The van der Waals surface area contributed by atoms with Gasteiger partial charge in [0.2, 0.25) is 0 Å². The van der Waals surface area contributed by atoms with Crippen LogP contribution in [-0.4, -0.2) is 39.5 Å². The number of aliphatic hydroxyl groups excluding tert-OH is 1. The highest BCUT2D eigenvalue weighted by molar-refractivity contribution is 5.73. The molecule has 1 aliphatic heterocycles. The van der Waals surface area contributed by atoms with Gasteiger partial charge in [0.05, 0.1) is 11.8 Å². The zero-order valence-corrected chi connectivity index (χ0v) is 12.0. The Kier molecular flexibility index (Phi) is 2.96. The van der Waals surface area contributed by atoms with Crippen LogP contribution in [0.1, 0.15) is 25.7 Å². The van der Waals surface area contributed by atoms with Gasteiger partial charge in [-0.25, -0.2) is 4.98 Å². The van der Waals surface area contributed by atoms with Crippen LogP contribution in [0, 0.1) is 5.41 Å². The first-order chi connectivity index (χ1) is 10.3. The molecule has 0 amide bonds. The second-order valence-electron chi connectivity index (χ2n) is 6.39. The summed E-state index contributed by atoms with van der Waals surface area (Å²) >= 11 is 0. The minimum absolute atomic E-state index is 0.0630. The van der Waals surface area contributed by atoms with E-state index in [1.807, 2.05) is 18.3 Å². The van der Waals surface area contributed by atoms with E-state index < -0.39 is 0 Å². The molecule has 21 heavy (non-hydrogen) atoms. The van der Waals surface area contributed by atoms with Crippen molar-refractivity contribution >= 4 is 5.82 Å². The molecule has 5 nitrogen and oxygen atoms in total. The summed E-state index contributed by atoms with van der Waals surface area (Å²) in [5, 5.41) is 16.6. The SMILES string of the molecule is OC1CC2(CCN(c3ncccc3-c3ccn[nH]3)CC2)C1. The molecule has 2 N–H and O–H groups in total. The zero-order chi connectivity index (χ0) is 14.3. The highest BCUT2D eigenvalue weighted by atomic mass is 16.3. The van der Waals surface area contributed by atoms with E-state index >= 15 is 0 Å². The fraction of sp³-hybridized carbons (Fsp3) is 0.500. The molecule has 1 saturated carbocycles. The van der Waals surface area contributed by atoms with Crippen LogP contribution in [0.5, 0.6) is 0 Å². The van der Waals surface area contributed by atoms with Crippen molar-refractivity contribution in [3.05, 3.63) is 30.6 Å². The Labute approximate surface area is 124 Å². The van der Waals surface area contributed by atoms with E-state index in [9.17, 15) is 5.11 Å². The monoisotopic (exact) mass is 284 g/mol. The van der Waals surface area contributed by atoms with Gasteiger partial charge in [-0.15, -0.1) is 0 Å². The molecule has 2 aromatic heterocycles. The van der Waals surface area contributed by atoms with Crippen LogP contribution in [0.4, 0.5) is 5.82 Å². The molecule has 0 radical (unpaired) electrons. The maximum absolute atomic E-state index is 9.58. The van der Waals surface area contributed by atoms with Gasteiger partial charge in [0.25, 0.3) is 0 Å². The fourth-order valence-electron chi connectivity index (χ4n) is 3.81. The van der Waals surface area contributed by atoms with E-state index in [0.717, 1.165) is 55.8 Å². The average molecular weight is 284 g/mol. The number of nitrogens with zero attached hydrogens (tertiary/aromatic N) is 3. The van der Waals surface area contributed by atoms with Crippen LogP contribution in [0.2, 0.25) is 0 Å². The molecule has 0 aromatic carbocycles. The van der Waals surface area contributed by atoms with Gasteiger partial charge in [-0.2, -0.15) is 5.10 Å². The van der Waals surface area contributed by atoms with Crippen LogP contribution in [-0.2, 0) is 0 Å². The maximum atomic E-state index is 9.58. The van der Waals surface area contributed by atoms with E-state index in [2.05, 4.69) is 26.1 Å². The topological polar surface area (TPSA) is 65.0 Å². The van der Waals surface area contributed by atoms with Crippen molar-refractivity contribution < 1.29 is 5.11 Å². The van der Waals surface area contributed by atoms with E-state index in [1.54, 1.807) is 6.20 Å². The van der Waals surface area contributed by atoms with Gasteiger partial charge >= 0.3 is 0 Å². The standard InChI is InChI=1S/C16H20N4O/c21-12-10-16(11-12)4-8-20(9-5-16)15-13(2-1-6-17-15)14-3-7-18-19-14/h1-3,6-7,12,21H,4-5,8-11H2,(H,18,19). The molecule has 3 heterocycles. The number of pyridine rings is 1. The molecule has 2 fully saturated rings. The fourth-order valence-corrected chi connectivity index (χ4v) is 3.81. The van der Waals surface area contributed by atoms with E-state index in [-0.39, 0.29) is 6.10 Å². The quantitative estimate of drug-likeness (QED) is 0.887. The number of hydrogen-bond donors (Lipinski definition) is 2. The van der Waals surface area contributed by atoms with Gasteiger partial charge in [0.1, 0.15) is 5.82 Å². The molecule has 4 rings (SSSR count). The second kappa shape index (κ2) is 4.84. The van der Waals surface area contributed by atoms with Crippen LogP contribution in [0.25, 0.3) is 11.3 Å². The van der Waals surface area contributed by atoms with Crippen LogP contribution in [0.3, 0.4) is 0 Å². The Morgan fingerprint density at radius 1 is 1.19 bits per heavy atom. The lowest BCUT2D eigenvalue weighted by Crippen LogP contribution is -2.49. The molecule has 110 valence electrons. The van der Waals surface area contributed by atoms with Gasteiger partial charge in [0, 0.05) is 31.0 Å². The average Bonchev–Trinajstić information content (AvgIpc) is 3.01. The normalized spacial score (nSPS) is 21.5. The van der Waals surface area contributed by atoms with Gasteiger partial charge in [0.15, 0.2) is 0 Å². The predicted octanol–water partition coefficient (Wildman–Crippen LogP) is 2.21. The summed E-state index contributed by atoms with van der Waals surface area (Å²) in [6.45, 7) is 2.04. The minimum atomic E-state index is -0.0630. The molecule has 1 aliphatic carbocycles. The first-order valence-corrected chi connectivity index (χ1v) is 7.64. The van der Waals surface area contributed by atoms with Crippen molar-refractivity contribution in [2.45, 2.75) is 31.8 Å². The Hall–Kier alpha value is -1.88. The maximum Gasteiger partial charge on any atom is 0.137 e. The number of hydrogen-bond acceptors (Lipinski definition) is 4. The highest BCUT2D eigenvalue weighted by Crippen LogP contribution is 2.49. The molecule has 2 aliphatic rings. The summed E-state index contributed by atoms with van der Waals surface area (Å²) in [4.78, 5) is 6.96. The number of H-pyrrole nitrogens is 1. The predicted molar refractivity (Wildman–Crippen MR) is 80.9 cm³/mol. The van der Waals surface area contributed by atoms with Crippen molar-refractivity contribution in [1.82, 2.24) is 15.2 Å². The van der Waals surface area contributed by atoms with Crippen molar-refractivity contribution in [2.75, 3.05) is 18.0 Å². The number of aliphatic hydroxyl groups is 1. The summed E-state index contributed by atoms with van der Waals surface area (Å²) in [7, 11) is 0. The molecule has 1 saturated heterocycles. The summed E-state index contributed by atoms with van der Waals surface area (Å²) < 4.78 is 0. The molecule has 0 atom stereocenters. The summed E-state index contributed by atoms with van der Waals surface area (Å²) in [5.41, 5.74) is 2.52. The Morgan fingerprint density at radius 3 is 2.67 bits per heavy atom. The van der Waals surface area contributed by atoms with Crippen molar-refractivity contribution in [3.8, 4) is 11.3 Å². The van der Waals surface area contributed by atoms with Crippen LogP contribution in [0.15, 0.2) is 30.6 Å². The summed E-state index contributed by atoms with van der Waals surface area (Å²) in [5.74, 6) is 1.04. The number of anilines is 1. The van der Waals surface area contributed by atoms with Gasteiger partial charge in [-0.05, 0) is 49.3 Å². The smallest absolute Gasteiger partial charge is 0.137 e. The third kappa shape index (κ3) is 2.21. The van der Waals surface area contributed by atoms with Crippen molar-refractivity contribution in [3.63, 3.8) is 0 Å². The first-order valence-electron chi connectivity index (χ1n) is 7.64. The molecule has 1 spiro atoms. The Bertz CT molecular complexity index is 609. The highest BCUT2D eigenvalue weighted by Gasteiger charge is 2.45. The van der Waals surface area contributed by atoms with Crippen molar-refractivity contribution in [2.24, 2.45) is 5.41 Å². The zero-order valence-electron chi connectivity index (χ0n) is 12.0. The molecule has 0 unspecified atom stereocenters. The van der Waals surface area contributed by atoms with E-state index in [4.69, 9.17) is 0 Å². The second-order valence-corrected chi connectivity index (χ2v) is 6.39. The molecule has 0 bridgehead atoms. The number of aromatic nitrogens is 3. The number of nitrogens with one attached hydrogen (secondary N) is 1. The molecule has 2 aromatic rings. The molecule has 5 heteroatoms. The van der Waals surface area contributed by atoms with Gasteiger partial charge in [-0.1, -0.05) is 0 Å². The van der Waals surface area contributed by atoms with E-state index in [0.29, 0.717) is 5.41 Å². The van der Waals surface area contributed by atoms with Gasteiger partial charge < -0.3 is 10.0 Å². The number of aromatic amines is 1. The van der Waals surface area contributed by atoms with Crippen molar-refractivity contribution in [1.29, 1.82) is 0 Å². The third-order valence-electron chi connectivity index (χ3n) is 5.04. The Morgan fingerprint density at radius 2 is 2.00 bits per heavy atom. The first kappa shape index (κ1) is 12.8. The number of piperidine rings is 1. The van der Waals surface area contributed by atoms with E-state index in [1.165, 1.54) is 0 Å². The minimum Gasteiger partial charge on any atom is -0.393 e. The van der Waals surface area contributed by atoms with Gasteiger partial charge in [-0.3, -0.25) is 5.10 Å². The lowest BCUT2D eigenvalue weighted by atomic mass is 9.61. The Balaban J connectivity index is 1.55.